The number of nitrogens with two attached hydrogens (primary N) is 1. The van der Waals surface area contributed by atoms with E-state index in [-0.39, 0.29) is 11.9 Å². The zero-order valence-electron chi connectivity index (χ0n) is 11.3. The van der Waals surface area contributed by atoms with Crippen LogP contribution in [0.4, 0.5) is 0 Å². The van der Waals surface area contributed by atoms with E-state index in [1.807, 2.05) is 0 Å². The maximum absolute atomic E-state index is 12.4. The van der Waals surface area contributed by atoms with Crippen LogP contribution in [0.2, 0.25) is 0 Å². The first-order valence-corrected chi connectivity index (χ1v) is 6.64. The third-order valence-electron chi connectivity index (χ3n) is 3.88. The number of nitrogens with one attached hydrogen (secondary N) is 1. The highest BCUT2D eigenvalue weighted by Crippen LogP contribution is 2.30. The fourth-order valence-electron chi connectivity index (χ4n) is 2.35. The predicted molar refractivity (Wildman–Crippen MR) is 68.6 cm³/mol. The van der Waals surface area contributed by atoms with E-state index in [2.05, 4.69) is 26.1 Å². The van der Waals surface area contributed by atoms with Crippen LogP contribution in [-0.2, 0) is 9.53 Å². The Kier molecular flexibility index (Phi) is 5.40. The molecule has 0 aromatic rings. The number of hydrogen-bond donors (Lipinski definition) is 2. The smallest absolute Gasteiger partial charge is 0.227 e. The summed E-state index contributed by atoms with van der Waals surface area (Å²) in [6, 6.07) is 0.244. The van der Waals surface area contributed by atoms with Gasteiger partial charge in [-0.1, -0.05) is 20.8 Å². The van der Waals surface area contributed by atoms with Crippen molar-refractivity contribution >= 4 is 5.91 Å². The van der Waals surface area contributed by atoms with Crippen LogP contribution in [0.15, 0.2) is 0 Å². The fraction of sp³-hybridized carbons (Fsp3) is 0.923. The molecule has 4 heteroatoms. The minimum atomic E-state index is -0.402. The molecule has 0 radical (unpaired) electrons. The molecule has 1 unspecified atom stereocenters. The molecule has 0 spiro atoms. The van der Waals surface area contributed by atoms with Crippen LogP contribution in [-0.4, -0.2) is 31.7 Å². The predicted octanol–water partition coefficient (Wildman–Crippen LogP) is 1.29. The number of rotatable bonds is 5. The Hall–Kier alpha value is -0.610. The summed E-state index contributed by atoms with van der Waals surface area (Å²) in [6.07, 6.45) is 2.44. The highest BCUT2D eigenvalue weighted by molar-refractivity contribution is 5.83. The van der Waals surface area contributed by atoms with Gasteiger partial charge in [-0.15, -0.1) is 0 Å². The van der Waals surface area contributed by atoms with Gasteiger partial charge in [0.1, 0.15) is 0 Å². The van der Waals surface area contributed by atoms with Crippen molar-refractivity contribution < 1.29 is 9.53 Å². The number of carbonyl (C=O) groups is 1. The zero-order valence-corrected chi connectivity index (χ0v) is 11.3. The lowest BCUT2D eigenvalue weighted by molar-refractivity contribution is -0.137. The summed E-state index contributed by atoms with van der Waals surface area (Å²) < 4.78 is 5.32. The Morgan fingerprint density at radius 3 is 2.41 bits per heavy atom. The van der Waals surface area contributed by atoms with E-state index in [9.17, 15) is 4.79 Å². The maximum atomic E-state index is 12.4. The van der Waals surface area contributed by atoms with Crippen LogP contribution in [0, 0.1) is 11.3 Å². The molecule has 1 saturated heterocycles. The van der Waals surface area contributed by atoms with Crippen molar-refractivity contribution in [2.24, 2.45) is 17.1 Å². The van der Waals surface area contributed by atoms with Crippen molar-refractivity contribution in [3.8, 4) is 0 Å². The lowest BCUT2D eigenvalue weighted by Gasteiger charge is -2.36. The molecule has 1 fully saturated rings. The molecule has 1 amide bonds. The first-order valence-electron chi connectivity index (χ1n) is 6.64. The number of carbonyl (C=O) groups excluding carboxylic acids is 1. The second-order valence-electron chi connectivity index (χ2n) is 5.33. The molecular formula is C13H26N2O2. The van der Waals surface area contributed by atoms with Crippen molar-refractivity contribution in [3.63, 3.8) is 0 Å². The van der Waals surface area contributed by atoms with Gasteiger partial charge in [-0.2, -0.15) is 0 Å². The van der Waals surface area contributed by atoms with Gasteiger partial charge in [-0.05, 0) is 25.2 Å². The van der Waals surface area contributed by atoms with E-state index in [0.717, 1.165) is 19.3 Å². The Balaban J connectivity index is 2.65. The fourth-order valence-corrected chi connectivity index (χ4v) is 2.35. The van der Waals surface area contributed by atoms with E-state index >= 15 is 0 Å². The van der Waals surface area contributed by atoms with Crippen LogP contribution >= 0.6 is 0 Å². The third kappa shape index (κ3) is 3.42. The molecule has 0 aromatic carbocycles. The third-order valence-corrected chi connectivity index (χ3v) is 3.88. The Labute approximate surface area is 104 Å². The Morgan fingerprint density at radius 1 is 1.41 bits per heavy atom. The Morgan fingerprint density at radius 2 is 2.00 bits per heavy atom. The van der Waals surface area contributed by atoms with Gasteiger partial charge in [0.2, 0.25) is 5.91 Å². The molecule has 17 heavy (non-hydrogen) atoms. The molecule has 1 atom stereocenters. The van der Waals surface area contributed by atoms with Crippen LogP contribution < -0.4 is 11.1 Å². The standard InChI is InChI=1S/C13H26N2O2/c1-4-11(10(2)3)15-12(16)13(9-14)5-7-17-8-6-13/h10-11H,4-9,14H2,1-3H3,(H,15,16). The van der Waals surface area contributed by atoms with Crippen LogP contribution in [0.5, 0.6) is 0 Å². The topological polar surface area (TPSA) is 64.4 Å². The van der Waals surface area contributed by atoms with E-state index in [0.29, 0.717) is 25.7 Å². The molecule has 100 valence electrons. The monoisotopic (exact) mass is 242 g/mol. The zero-order chi connectivity index (χ0) is 12.9. The molecule has 0 bridgehead atoms. The molecular weight excluding hydrogens is 216 g/mol. The van der Waals surface area contributed by atoms with Crippen molar-refractivity contribution in [2.75, 3.05) is 19.8 Å². The highest BCUT2D eigenvalue weighted by atomic mass is 16.5. The van der Waals surface area contributed by atoms with Crippen molar-refractivity contribution in [3.05, 3.63) is 0 Å². The summed E-state index contributed by atoms with van der Waals surface area (Å²) in [5.41, 5.74) is 5.41. The SMILES string of the molecule is CCC(NC(=O)C1(CN)CCOCC1)C(C)C. The van der Waals surface area contributed by atoms with Crippen LogP contribution in [0.25, 0.3) is 0 Å². The van der Waals surface area contributed by atoms with Crippen molar-refractivity contribution in [1.29, 1.82) is 0 Å². The summed E-state index contributed by atoms with van der Waals surface area (Å²) in [7, 11) is 0. The number of hydrogen-bond acceptors (Lipinski definition) is 3. The second-order valence-corrected chi connectivity index (χ2v) is 5.33. The first-order chi connectivity index (χ1) is 8.05. The average molecular weight is 242 g/mol. The van der Waals surface area contributed by atoms with Gasteiger partial charge >= 0.3 is 0 Å². The van der Waals surface area contributed by atoms with Gasteiger partial charge in [0.25, 0.3) is 0 Å². The molecule has 1 rings (SSSR count). The van der Waals surface area contributed by atoms with Crippen LogP contribution in [0.3, 0.4) is 0 Å². The molecule has 4 nitrogen and oxygen atoms in total. The lowest BCUT2D eigenvalue weighted by atomic mass is 9.79. The summed E-state index contributed by atoms with van der Waals surface area (Å²) in [5.74, 6) is 0.572. The Bertz CT molecular complexity index is 248. The van der Waals surface area contributed by atoms with Gasteiger partial charge < -0.3 is 15.8 Å². The molecule has 1 aliphatic heterocycles. The molecule has 0 aromatic heterocycles. The van der Waals surface area contributed by atoms with Gasteiger partial charge in [-0.3, -0.25) is 4.79 Å². The lowest BCUT2D eigenvalue weighted by Crippen LogP contribution is -2.52. The number of amides is 1. The number of ether oxygens (including phenoxy) is 1. The van der Waals surface area contributed by atoms with Crippen LogP contribution in [0.1, 0.15) is 40.0 Å². The van der Waals surface area contributed by atoms with Gasteiger partial charge in [0.05, 0.1) is 5.41 Å². The molecule has 1 heterocycles. The molecule has 0 saturated carbocycles. The van der Waals surface area contributed by atoms with E-state index in [1.165, 1.54) is 0 Å². The van der Waals surface area contributed by atoms with Gasteiger partial charge in [0, 0.05) is 25.8 Å². The van der Waals surface area contributed by atoms with E-state index in [4.69, 9.17) is 10.5 Å². The second kappa shape index (κ2) is 6.36. The minimum absolute atomic E-state index is 0.115. The summed E-state index contributed by atoms with van der Waals surface area (Å²) in [4.78, 5) is 12.4. The average Bonchev–Trinajstić information content (AvgIpc) is 2.35. The van der Waals surface area contributed by atoms with Crippen molar-refractivity contribution in [2.45, 2.75) is 46.1 Å². The summed E-state index contributed by atoms with van der Waals surface area (Å²) in [6.45, 7) is 8.06. The molecule has 1 aliphatic rings. The summed E-state index contributed by atoms with van der Waals surface area (Å²) in [5, 5.41) is 3.15. The van der Waals surface area contributed by atoms with E-state index in [1.54, 1.807) is 0 Å². The minimum Gasteiger partial charge on any atom is -0.381 e. The van der Waals surface area contributed by atoms with Gasteiger partial charge in [0.15, 0.2) is 0 Å². The largest absolute Gasteiger partial charge is 0.381 e. The first kappa shape index (κ1) is 14.5. The molecule has 0 aliphatic carbocycles. The normalized spacial score (nSPS) is 21.2. The quantitative estimate of drug-likeness (QED) is 0.763. The summed E-state index contributed by atoms with van der Waals surface area (Å²) >= 11 is 0. The van der Waals surface area contributed by atoms with E-state index < -0.39 is 5.41 Å². The van der Waals surface area contributed by atoms with Gasteiger partial charge in [-0.25, -0.2) is 0 Å². The van der Waals surface area contributed by atoms with Crippen molar-refractivity contribution in [1.82, 2.24) is 5.32 Å². The maximum Gasteiger partial charge on any atom is 0.227 e. The molecule has 3 N–H and O–H groups in total. The highest BCUT2D eigenvalue weighted by Gasteiger charge is 2.39.